The first kappa shape index (κ1) is 20.0. The Labute approximate surface area is 186 Å². The van der Waals surface area contributed by atoms with E-state index in [9.17, 15) is 10.1 Å². The van der Waals surface area contributed by atoms with Gasteiger partial charge >= 0.3 is 0 Å². The van der Waals surface area contributed by atoms with E-state index in [2.05, 4.69) is 53.1 Å². The van der Waals surface area contributed by atoms with Crippen LogP contribution in [0.15, 0.2) is 78.5 Å². The maximum Gasteiger partial charge on any atom is 0.264 e. The molecular formula is C27H23N3O2. The number of benzene rings is 3. The quantitative estimate of drug-likeness (QED) is 0.357. The maximum absolute atomic E-state index is 12.9. The Morgan fingerprint density at radius 2 is 1.75 bits per heavy atom. The van der Waals surface area contributed by atoms with Crippen LogP contribution < -0.4 is 0 Å². The van der Waals surface area contributed by atoms with Gasteiger partial charge in [-0.2, -0.15) is 5.26 Å². The van der Waals surface area contributed by atoms with Crippen LogP contribution >= 0.6 is 0 Å². The zero-order valence-electron chi connectivity index (χ0n) is 17.7. The molecule has 0 spiro atoms. The third-order valence-electron chi connectivity index (χ3n) is 5.94. The molecule has 2 heterocycles. The summed E-state index contributed by atoms with van der Waals surface area (Å²) in [5.74, 6) is -0.234. The number of ether oxygens (including phenoxy) is 1. The van der Waals surface area contributed by atoms with Gasteiger partial charge in [0.25, 0.3) is 5.91 Å². The highest BCUT2D eigenvalue weighted by atomic mass is 16.5. The van der Waals surface area contributed by atoms with Gasteiger partial charge in [0.1, 0.15) is 11.6 Å². The van der Waals surface area contributed by atoms with Crippen molar-refractivity contribution < 1.29 is 9.53 Å². The molecule has 0 aliphatic carbocycles. The van der Waals surface area contributed by atoms with Crippen molar-refractivity contribution in [2.24, 2.45) is 0 Å². The first-order valence-corrected chi connectivity index (χ1v) is 10.8. The smallest absolute Gasteiger partial charge is 0.264 e. The van der Waals surface area contributed by atoms with Crippen molar-refractivity contribution in [2.45, 2.75) is 6.54 Å². The average Bonchev–Trinajstić information content (AvgIpc) is 3.19. The van der Waals surface area contributed by atoms with Crippen molar-refractivity contribution in [1.82, 2.24) is 9.47 Å². The van der Waals surface area contributed by atoms with E-state index in [4.69, 9.17) is 4.74 Å². The molecule has 1 fully saturated rings. The van der Waals surface area contributed by atoms with E-state index in [0.717, 1.165) is 16.5 Å². The van der Waals surface area contributed by atoms with Gasteiger partial charge in [-0.25, -0.2) is 0 Å². The van der Waals surface area contributed by atoms with Gasteiger partial charge in [0.15, 0.2) is 0 Å². The fourth-order valence-electron chi connectivity index (χ4n) is 4.29. The number of rotatable bonds is 4. The van der Waals surface area contributed by atoms with Gasteiger partial charge in [0.2, 0.25) is 0 Å². The van der Waals surface area contributed by atoms with Crippen molar-refractivity contribution in [3.63, 3.8) is 0 Å². The van der Waals surface area contributed by atoms with Gasteiger partial charge in [0.05, 0.1) is 13.2 Å². The number of nitrogens with zero attached hydrogens (tertiary/aromatic N) is 3. The van der Waals surface area contributed by atoms with Gasteiger partial charge in [0, 0.05) is 42.3 Å². The number of carbonyl (C=O) groups excluding carboxylic acids is 1. The summed E-state index contributed by atoms with van der Waals surface area (Å²) in [5, 5.41) is 13.2. The standard InChI is InChI=1S/C27H23N3O2/c28-17-23(27(31)29-11-13-32-14-12-29)16-24-19-30(26-8-4-3-7-25(24)26)18-20-9-10-21-5-1-2-6-22(21)15-20/h1-10,15-16,19H,11-14,18H2/b23-16-. The number of fused-ring (bicyclic) bond motifs is 2. The van der Waals surface area contributed by atoms with E-state index in [1.165, 1.54) is 16.3 Å². The molecule has 4 aromatic rings. The van der Waals surface area contributed by atoms with Gasteiger partial charge < -0.3 is 14.2 Å². The number of morpholine rings is 1. The van der Waals surface area contributed by atoms with E-state index in [1.54, 1.807) is 11.0 Å². The van der Waals surface area contributed by atoms with Crippen LogP contribution in [-0.2, 0) is 16.1 Å². The predicted octanol–water partition coefficient (Wildman–Crippen LogP) is 4.61. The number of para-hydroxylation sites is 1. The Morgan fingerprint density at radius 1 is 1.00 bits per heavy atom. The summed E-state index contributed by atoms with van der Waals surface area (Å²) in [6.45, 7) is 2.76. The summed E-state index contributed by atoms with van der Waals surface area (Å²) in [4.78, 5) is 14.6. The largest absolute Gasteiger partial charge is 0.378 e. The summed E-state index contributed by atoms with van der Waals surface area (Å²) in [6.07, 6.45) is 3.75. The second-order valence-corrected chi connectivity index (χ2v) is 7.99. The lowest BCUT2D eigenvalue weighted by atomic mass is 10.1. The normalized spacial score (nSPS) is 14.6. The molecule has 5 rings (SSSR count). The zero-order chi connectivity index (χ0) is 21.9. The van der Waals surface area contributed by atoms with Gasteiger partial charge in [-0.05, 0) is 34.5 Å². The number of carbonyl (C=O) groups is 1. The molecule has 0 saturated carbocycles. The first-order valence-electron chi connectivity index (χ1n) is 10.8. The Balaban J connectivity index is 1.51. The van der Waals surface area contributed by atoms with Crippen LogP contribution in [0.4, 0.5) is 0 Å². The maximum atomic E-state index is 12.9. The van der Waals surface area contributed by atoms with Crippen LogP contribution in [0.2, 0.25) is 0 Å². The first-order chi connectivity index (χ1) is 15.7. The van der Waals surface area contributed by atoms with Crippen LogP contribution in [0.25, 0.3) is 27.8 Å². The molecule has 5 nitrogen and oxygen atoms in total. The Hall–Kier alpha value is -3.88. The topological polar surface area (TPSA) is 58.3 Å². The zero-order valence-corrected chi connectivity index (χ0v) is 17.7. The van der Waals surface area contributed by atoms with Crippen LogP contribution in [0, 0.1) is 11.3 Å². The summed E-state index contributed by atoms with van der Waals surface area (Å²) < 4.78 is 7.51. The van der Waals surface area contributed by atoms with Crippen LogP contribution in [0.3, 0.4) is 0 Å². The molecule has 1 amide bonds. The number of hydrogen-bond acceptors (Lipinski definition) is 3. The molecule has 1 aliphatic rings. The minimum absolute atomic E-state index is 0.153. The fourth-order valence-corrected chi connectivity index (χ4v) is 4.29. The lowest BCUT2D eigenvalue weighted by Gasteiger charge is -2.26. The fraction of sp³-hybridized carbons (Fsp3) is 0.185. The van der Waals surface area contributed by atoms with E-state index in [1.807, 2.05) is 30.5 Å². The molecule has 0 radical (unpaired) electrons. The molecule has 0 atom stereocenters. The Bertz CT molecular complexity index is 1370. The van der Waals surface area contributed by atoms with Crippen molar-refractivity contribution >= 4 is 33.7 Å². The molecule has 1 aromatic heterocycles. The number of amides is 1. The minimum Gasteiger partial charge on any atom is -0.378 e. The molecule has 3 aromatic carbocycles. The van der Waals surface area contributed by atoms with E-state index in [-0.39, 0.29) is 11.5 Å². The lowest BCUT2D eigenvalue weighted by molar-refractivity contribution is -0.130. The van der Waals surface area contributed by atoms with E-state index in [0.29, 0.717) is 32.8 Å². The van der Waals surface area contributed by atoms with Gasteiger partial charge in [-0.1, -0.05) is 54.6 Å². The van der Waals surface area contributed by atoms with Crippen molar-refractivity contribution in [3.8, 4) is 6.07 Å². The van der Waals surface area contributed by atoms with E-state index >= 15 is 0 Å². The van der Waals surface area contributed by atoms with Crippen molar-refractivity contribution in [1.29, 1.82) is 5.26 Å². The molecule has 158 valence electrons. The summed E-state index contributed by atoms with van der Waals surface area (Å²) in [6, 6.07) is 25.0. The molecule has 1 aliphatic heterocycles. The Morgan fingerprint density at radius 3 is 2.56 bits per heavy atom. The number of nitriles is 1. The van der Waals surface area contributed by atoms with Crippen LogP contribution in [-0.4, -0.2) is 41.7 Å². The van der Waals surface area contributed by atoms with Gasteiger partial charge in [-0.3, -0.25) is 4.79 Å². The van der Waals surface area contributed by atoms with Gasteiger partial charge in [-0.15, -0.1) is 0 Å². The highest BCUT2D eigenvalue weighted by Gasteiger charge is 2.21. The third-order valence-corrected chi connectivity index (χ3v) is 5.94. The Kier molecular flexibility index (Phi) is 5.45. The number of hydrogen-bond donors (Lipinski definition) is 0. The average molecular weight is 422 g/mol. The highest BCUT2D eigenvalue weighted by molar-refractivity contribution is 6.04. The second kappa shape index (κ2) is 8.70. The predicted molar refractivity (Wildman–Crippen MR) is 126 cm³/mol. The summed E-state index contributed by atoms with van der Waals surface area (Å²) in [5.41, 5.74) is 3.30. The van der Waals surface area contributed by atoms with Crippen LogP contribution in [0.1, 0.15) is 11.1 Å². The summed E-state index contributed by atoms with van der Waals surface area (Å²) in [7, 11) is 0. The van der Waals surface area contributed by atoms with E-state index < -0.39 is 0 Å². The lowest BCUT2D eigenvalue weighted by Crippen LogP contribution is -2.41. The summed E-state index contributed by atoms with van der Waals surface area (Å²) >= 11 is 0. The molecular weight excluding hydrogens is 398 g/mol. The molecule has 0 bridgehead atoms. The molecule has 32 heavy (non-hydrogen) atoms. The minimum atomic E-state index is -0.234. The molecule has 5 heteroatoms. The second-order valence-electron chi connectivity index (χ2n) is 7.99. The molecule has 1 saturated heterocycles. The number of aromatic nitrogens is 1. The SMILES string of the molecule is N#C/C(=C/c1cn(Cc2ccc3ccccc3c2)c2ccccc12)C(=O)N1CCOCC1. The van der Waals surface area contributed by atoms with Crippen LogP contribution in [0.5, 0.6) is 0 Å². The highest BCUT2D eigenvalue weighted by Crippen LogP contribution is 2.26. The molecule has 0 unspecified atom stereocenters. The monoisotopic (exact) mass is 421 g/mol. The van der Waals surface area contributed by atoms with Crippen molar-refractivity contribution in [2.75, 3.05) is 26.3 Å². The third kappa shape index (κ3) is 3.89. The van der Waals surface area contributed by atoms with Crippen molar-refractivity contribution in [3.05, 3.63) is 89.6 Å². The molecule has 0 N–H and O–H groups in total.